The predicted molar refractivity (Wildman–Crippen MR) is 58.2 cm³/mol. The summed E-state index contributed by atoms with van der Waals surface area (Å²) < 4.78 is 5.60. The number of fused-ring (bicyclic) bond motifs is 1. The molecule has 14 heavy (non-hydrogen) atoms. The van der Waals surface area contributed by atoms with E-state index in [1.165, 1.54) is 19.5 Å². The Morgan fingerprint density at radius 1 is 1.21 bits per heavy atom. The molecule has 2 heteroatoms. The molecule has 0 aromatic rings. The van der Waals surface area contributed by atoms with E-state index in [4.69, 9.17) is 4.74 Å². The summed E-state index contributed by atoms with van der Waals surface area (Å²) >= 11 is 0. The molecular formula is C12H23NO. The fraction of sp³-hybridized carbons (Fsp3) is 1.00. The number of nitrogens with zero attached hydrogens (tertiary/aromatic N) is 1. The second-order valence-corrected chi connectivity index (χ2v) is 5.35. The normalized spacial score (nSPS) is 45.6. The largest absolute Gasteiger partial charge is 0.381 e. The number of rotatable bonds is 0. The van der Waals surface area contributed by atoms with E-state index in [0.717, 1.165) is 36.9 Å². The molecule has 2 saturated heterocycles. The zero-order valence-electron chi connectivity index (χ0n) is 9.70. The highest BCUT2D eigenvalue weighted by Gasteiger charge is 2.36. The Morgan fingerprint density at radius 2 is 2.00 bits per heavy atom. The van der Waals surface area contributed by atoms with Crippen molar-refractivity contribution >= 4 is 0 Å². The van der Waals surface area contributed by atoms with E-state index < -0.39 is 0 Å². The summed E-state index contributed by atoms with van der Waals surface area (Å²) in [5, 5.41) is 0. The quantitative estimate of drug-likeness (QED) is 0.587. The zero-order valence-corrected chi connectivity index (χ0v) is 9.70. The first-order chi connectivity index (χ1) is 6.68. The van der Waals surface area contributed by atoms with Gasteiger partial charge in [0.1, 0.15) is 0 Å². The Labute approximate surface area is 87.6 Å². The molecule has 0 spiro atoms. The topological polar surface area (TPSA) is 12.5 Å². The lowest BCUT2D eigenvalue weighted by Crippen LogP contribution is -2.35. The summed E-state index contributed by atoms with van der Waals surface area (Å²) in [6, 6.07) is 0. The lowest BCUT2D eigenvalue weighted by atomic mass is 9.75. The molecule has 0 amide bonds. The second kappa shape index (κ2) is 4.19. The van der Waals surface area contributed by atoms with Gasteiger partial charge in [0.25, 0.3) is 0 Å². The van der Waals surface area contributed by atoms with Crippen molar-refractivity contribution in [1.82, 2.24) is 4.90 Å². The van der Waals surface area contributed by atoms with E-state index >= 15 is 0 Å². The van der Waals surface area contributed by atoms with Crippen LogP contribution in [0.5, 0.6) is 0 Å². The third-order valence-corrected chi connectivity index (χ3v) is 4.25. The summed E-state index contributed by atoms with van der Waals surface area (Å²) in [5.41, 5.74) is 0. The van der Waals surface area contributed by atoms with E-state index in [-0.39, 0.29) is 0 Å². The minimum Gasteiger partial charge on any atom is -0.381 e. The van der Waals surface area contributed by atoms with Gasteiger partial charge in [0.15, 0.2) is 0 Å². The zero-order chi connectivity index (χ0) is 10.1. The van der Waals surface area contributed by atoms with Gasteiger partial charge in [0, 0.05) is 19.7 Å². The minimum atomic E-state index is 0.786. The summed E-state index contributed by atoms with van der Waals surface area (Å²) in [7, 11) is 2.25. The molecule has 2 nitrogen and oxygen atoms in total. The fourth-order valence-electron chi connectivity index (χ4n) is 3.25. The lowest BCUT2D eigenvalue weighted by Gasteiger charge is -2.35. The molecule has 82 valence electrons. The first-order valence-electron chi connectivity index (χ1n) is 5.94. The molecule has 2 fully saturated rings. The van der Waals surface area contributed by atoms with E-state index in [2.05, 4.69) is 25.8 Å². The first kappa shape index (κ1) is 10.4. The highest BCUT2D eigenvalue weighted by molar-refractivity contribution is 4.86. The Hall–Kier alpha value is -0.0800. The van der Waals surface area contributed by atoms with E-state index in [1.807, 2.05) is 0 Å². The van der Waals surface area contributed by atoms with E-state index in [1.54, 1.807) is 0 Å². The molecule has 2 unspecified atom stereocenters. The number of hydrogen-bond acceptors (Lipinski definition) is 2. The smallest absolute Gasteiger partial charge is 0.0509 e. The van der Waals surface area contributed by atoms with Crippen LogP contribution < -0.4 is 0 Å². The van der Waals surface area contributed by atoms with Crippen molar-refractivity contribution in [3.8, 4) is 0 Å². The van der Waals surface area contributed by atoms with Gasteiger partial charge in [-0.3, -0.25) is 0 Å². The molecule has 0 saturated carbocycles. The van der Waals surface area contributed by atoms with Gasteiger partial charge in [-0.05, 0) is 37.1 Å². The fourth-order valence-corrected chi connectivity index (χ4v) is 3.25. The molecule has 0 aromatic heterocycles. The molecule has 2 heterocycles. The molecule has 2 aliphatic rings. The maximum absolute atomic E-state index is 5.60. The second-order valence-electron chi connectivity index (χ2n) is 5.35. The monoisotopic (exact) mass is 197 g/mol. The average Bonchev–Trinajstić information content (AvgIpc) is 2.26. The number of likely N-dealkylation sites (tertiary alicyclic amines) is 1. The molecule has 0 aliphatic carbocycles. The van der Waals surface area contributed by atoms with Crippen LogP contribution in [0, 0.1) is 23.7 Å². The van der Waals surface area contributed by atoms with Gasteiger partial charge in [-0.2, -0.15) is 0 Å². The van der Waals surface area contributed by atoms with Gasteiger partial charge in [0.05, 0.1) is 6.61 Å². The molecule has 0 bridgehead atoms. The summed E-state index contributed by atoms with van der Waals surface area (Å²) in [4.78, 5) is 2.49. The van der Waals surface area contributed by atoms with Gasteiger partial charge >= 0.3 is 0 Å². The van der Waals surface area contributed by atoms with Crippen LogP contribution in [-0.2, 0) is 4.74 Å². The van der Waals surface area contributed by atoms with Crippen molar-refractivity contribution in [2.75, 3.05) is 33.4 Å². The van der Waals surface area contributed by atoms with Crippen LogP contribution in [0.25, 0.3) is 0 Å². The minimum absolute atomic E-state index is 0.786. The summed E-state index contributed by atoms with van der Waals surface area (Å²) in [5.74, 6) is 3.40. The van der Waals surface area contributed by atoms with Gasteiger partial charge < -0.3 is 9.64 Å². The Bertz CT molecular complexity index is 195. The molecular weight excluding hydrogens is 174 g/mol. The van der Waals surface area contributed by atoms with Crippen LogP contribution in [-0.4, -0.2) is 38.3 Å². The summed E-state index contributed by atoms with van der Waals surface area (Å²) in [6.45, 7) is 9.31. The van der Waals surface area contributed by atoms with Crippen molar-refractivity contribution in [3.63, 3.8) is 0 Å². The Kier molecular flexibility index (Phi) is 3.13. The van der Waals surface area contributed by atoms with Crippen LogP contribution in [0.15, 0.2) is 0 Å². The highest BCUT2D eigenvalue weighted by Crippen LogP contribution is 2.36. The van der Waals surface area contributed by atoms with Crippen molar-refractivity contribution in [1.29, 1.82) is 0 Å². The SMILES string of the molecule is C[C@@H]1CN(C)CC2COCCC2[C@@H]1C. The van der Waals surface area contributed by atoms with Gasteiger partial charge in [0.2, 0.25) is 0 Å². The van der Waals surface area contributed by atoms with Gasteiger partial charge in [-0.1, -0.05) is 13.8 Å². The van der Waals surface area contributed by atoms with E-state index in [9.17, 15) is 0 Å². The molecule has 0 N–H and O–H groups in total. The van der Waals surface area contributed by atoms with Crippen molar-refractivity contribution in [3.05, 3.63) is 0 Å². The summed E-state index contributed by atoms with van der Waals surface area (Å²) in [6.07, 6.45) is 1.28. The van der Waals surface area contributed by atoms with Crippen LogP contribution in [0.3, 0.4) is 0 Å². The van der Waals surface area contributed by atoms with Crippen LogP contribution in [0.4, 0.5) is 0 Å². The molecule has 2 rings (SSSR count). The highest BCUT2D eigenvalue weighted by atomic mass is 16.5. The van der Waals surface area contributed by atoms with Crippen molar-refractivity contribution in [2.45, 2.75) is 20.3 Å². The number of hydrogen-bond donors (Lipinski definition) is 0. The van der Waals surface area contributed by atoms with E-state index in [0.29, 0.717) is 0 Å². The lowest BCUT2D eigenvalue weighted by molar-refractivity contribution is -0.00519. The van der Waals surface area contributed by atoms with Crippen LogP contribution in [0.1, 0.15) is 20.3 Å². The van der Waals surface area contributed by atoms with Crippen LogP contribution in [0.2, 0.25) is 0 Å². The molecule has 0 radical (unpaired) electrons. The average molecular weight is 197 g/mol. The maximum Gasteiger partial charge on any atom is 0.0509 e. The standard InChI is InChI=1S/C12H23NO/c1-9-6-13(3)7-11-8-14-5-4-12(11)10(9)2/h9-12H,4-8H2,1-3H3/t9-,10-,11?,12?/m1/s1. The van der Waals surface area contributed by atoms with Gasteiger partial charge in [-0.25, -0.2) is 0 Å². The first-order valence-corrected chi connectivity index (χ1v) is 5.94. The Balaban J connectivity index is 2.10. The Morgan fingerprint density at radius 3 is 2.79 bits per heavy atom. The maximum atomic E-state index is 5.60. The molecule has 0 aromatic carbocycles. The number of ether oxygens (including phenoxy) is 1. The van der Waals surface area contributed by atoms with Crippen molar-refractivity contribution in [2.24, 2.45) is 23.7 Å². The van der Waals surface area contributed by atoms with Gasteiger partial charge in [-0.15, -0.1) is 0 Å². The third kappa shape index (κ3) is 1.96. The molecule has 2 aliphatic heterocycles. The van der Waals surface area contributed by atoms with Crippen LogP contribution >= 0.6 is 0 Å². The third-order valence-electron chi connectivity index (χ3n) is 4.25. The molecule has 4 atom stereocenters. The van der Waals surface area contributed by atoms with Crippen molar-refractivity contribution < 1.29 is 4.74 Å². The predicted octanol–water partition coefficient (Wildman–Crippen LogP) is 1.86.